The molecule has 1 aliphatic heterocycles. The second-order valence-electron chi connectivity index (χ2n) is 6.31. The van der Waals surface area contributed by atoms with Gasteiger partial charge in [-0.2, -0.15) is 19.5 Å². The Morgan fingerprint density at radius 2 is 1.96 bits per heavy atom. The molecule has 0 aliphatic carbocycles. The van der Waals surface area contributed by atoms with E-state index < -0.39 is 0 Å². The minimum absolute atomic E-state index is 0.586. The molecule has 1 aromatic heterocycles. The topological polar surface area (TPSA) is 57.0 Å². The fourth-order valence-corrected chi connectivity index (χ4v) is 3.24. The predicted octanol–water partition coefficient (Wildman–Crippen LogP) is 3.36. The first-order valence-corrected chi connectivity index (χ1v) is 8.49. The zero-order valence-electron chi connectivity index (χ0n) is 15.6. The average Bonchev–Trinajstić information content (AvgIpc) is 2.84. The number of allylic oxidation sites excluding steroid dienone is 2. The van der Waals surface area contributed by atoms with Crippen LogP contribution in [0.15, 0.2) is 23.9 Å². The minimum atomic E-state index is 0.586. The molecule has 0 saturated heterocycles. The Bertz CT molecular complexity index is 868. The molecule has 25 heavy (non-hydrogen) atoms. The maximum atomic E-state index is 4.44. The van der Waals surface area contributed by atoms with Gasteiger partial charge in [-0.3, -0.25) is 0 Å². The van der Waals surface area contributed by atoms with Gasteiger partial charge in [0.15, 0.2) is 5.70 Å². The minimum Gasteiger partial charge on any atom is -0.357 e. The van der Waals surface area contributed by atoms with Crippen molar-refractivity contribution in [3.63, 3.8) is 0 Å². The Morgan fingerprint density at radius 1 is 1.20 bits per heavy atom. The van der Waals surface area contributed by atoms with E-state index in [0.29, 0.717) is 17.7 Å². The maximum absolute atomic E-state index is 4.44. The van der Waals surface area contributed by atoms with Crippen LogP contribution in [0.2, 0.25) is 0 Å². The van der Waals surface area contributed by atoms with Crippen molar-refractivity contribution < 1.29 is 4.58 Å². The highest BCUT2D eigenvalue weighted by Gasteiger charge is 2.29. The normalized spacial score (nSPS) is 13.2. The lowest BCUT2D eigenvalue weighted by molar-refractivity contribution is -0.367. The van der Waals surface area contributed by atoms with Crippen LogP contribution in [-0.2, 0) is 6.54 Å². The van der Waals surface area contributed by atoms with Crippen molar-refractivity contribution in [2.24, 2.45) is 0 Å². The van der Waals surface area contributed by atoms with E-state index in [4.69, 9.17) is 0 Å². The van der Waals surface area contributed by atoms with Gasteiger partial charge in [-0.25, -0.2) is 0 Å². The molecule has 0 radical (unpaired) electrons. The van der Waals surface area contributed by atoms with Crippen LogP contribution < -0.4 is 10.2 Å². The van der Waals surface area contributed by atoms with Crippen LogP contribution in [0.4, 0.5) is 17.6 Å². The number of fused-ring (bicyclic) bond motifs is 1. The summed E-state index contributed by atoms with van der Waals surface area (Å²) in [6.45, 7) is 11.1. The molecular formula is C19H25N6+. The Hall–Kier alpha value is -2.76. The molecule has 6 heteroatoms. The highest BCUT2D eigenvalue weighted by atomic mass is 15.3. The third-order valence-corrected chi connectivity index (χ3v) is 4.59. The average molecular weight is 337 g/mol. The number of anilines is 2. The molecule has 0 fully saturated rings. The highest BCUT2D eigenvalue weighted by molar-refractivity contribution is 5.78. The van der Waals surface area contributed by atoms with Gasteiger partial charge in [0.2, 0.25) is 17.6 Å². The van der Waals surface area contributed by atoms with Crippen molar-refractivity contribution >= 4 is 29.9 Å². The maximum Gasteiger partial charge on any atom is 0.230 e. The Balaban J connectivity index is 1.89. The lowest BCUT2D eigenvalue weighted by Crippen LogP contribution is -2.20. The number of benzene rings is 1. The van der Waals surface area contributed by atoms with Crippen molar-refractivity contribution in [3.05, 3.63) is 40.8 Å². The molecule has 1 aromatic carbocycles. The van der Waals surface area contributed by atoms with Crippen molar-refractivity contribution in [1.82, 2.24) is 15.0 Å². The molecule has 0 atom stereocenters. The van der Waals surface area contributed by atoms with Crippen molar-refractivity contribution in [2.45, 2.75) is 33.7 Å². The molecule has 2 aromatic rings. The van der Waals surface area contributed by atoms with E-state index >= 15 is 0 Å². The summed E-state index contributed by atoms with van der Waals surface area (Å²) in [4.78, 5) is 15.2. The van der Waals surface area contributed by atoms with Crippen molar-refractivity contribution in [3.8, 4) is 0 Å². The molecule has 0 spiro atoms. The molecule has 0 unspecified atom stereocenters. The third-order valence-electron chi connectivity index (χ3n) is 4.59. The molecule has 6 nitrogen and oxygen atoms in total. The van der Waals surface area contributed by atoms with E-state index in [1.54, 1.807) is 0 Å². The van der Waals surface area contributed by atoms with Crippen LogP contribution in [0.25, 0.3) is 5.57 Å². The molecule has 1 aliphatic rings. The van der Waals surface area contributed by atoms with Crippen LogP contribution in [0.1, 0.15) is 37.2 Å². The smallest absolute Gasteiger partial charge is 0.230 e. The van der Waals surface area contributed by atoms with Crippen LogP contribution in [0, 0.1) is 6.92 Å². The molecule has 3 rings (SSSR count). The summed E-state index contributed by atoms with van der Waals surface area (Å²) >= 11 is 0. The molecule has 2 heterocycles. The molecule has 0 bridgehead atoms. The summed E-state index contributed by atoms with van der Waals surface area (Å²) in [6, 6.07) is 6.55. The molecule has 130 valence electrons. The van der Waals surface area contributed by atoms with Crippen LogP contribution >= 0.6 is 0 Å². The second-order valence-corrected chi connectivity index (χ2v) is 6.31. The number of aryl methyl sites for hydroxylation is 1. The fourth-order valence-electron chi connectivity index (χ4n) is 3.24. The SMILES string of the molecule is C=[N+]1C(C)=C(CC)c2cc(CN(C)c3nc(C)nc(NC)n3)ccc21. The number of nitrogens with one attached hydrogen (secondary N) is 1. The van der Waals surface area contributed by atoms with E-state index in [0.717, 1.165) is 13.0 Å². The first-order valence-electron chi connectivity index (χ1n) is 8.49. The van der Waals surface area contributed by atoms with Gasteiger partial charge in [-0.15, -0.1) is 0 Å². The predicted molar refractivity (Wildman–Crippen MR) is 103 cm³/mol. The van der Waals surface area contributed by atoms with E-state index in [9.17, 15) is 0 Å². The Labute approximate surface area is 149 Å². The van der Waals surface area contributed by atoms with E-state index in [1.807, 2.05) is 30.5 Å². The molecular weight excluding hydrogens is 312 g/mol. The molecule has 0 amide bonds. The summed E-state index contributed by atoms with van der Waals surface area (Å²) in [5.74, 6) is 1.95. The van der Waals surface area contributed by atoms with Crippen LogP contribution in [-0.4, -0.2) is 40.3 Å². The number of rotatable bonds is 5. The quantitative estimate of drug-likeness (QED) is 0.848. The zero-order valence-corrected chi connectivity index (χ0v) is 15.6. The highest BCUT2D eigenvalue weighted by Crippen LogP contribution is 2.39. The number of aromatic nitrogens is 3. The number of nitrogens with zero attached hydrogens (tertiary/aromatic N) is 5. The first kappa shape index (κ1) is 17.1. The van der Waals surface area contributed by atoms with E-state index in [2.05, 4.69) is 59.0 Å². The van der Waals surface area contributed by atoms with Crippen LogP contribution in [0.5, 0.6) is 0 Å². The molecule has 0 saturated carbocycles. The summed E-state index contributed by atoms with van der Waals surface area (Å²) < 4.78 is 2.02. The first-order chi connectivity index (χ1) is 11.9. The lowest BCUT2D eigenvalue weighted by Gasteiger charge is -2.18. The lowest BCUT2D eigenvalue weighted by atomic mass is 10.0. The summed E-state index contributed by atoms with van der Waals surface area (Å²) in [5, 5.41) is 2.98. The number of hydrogen-bond donors (Lipinski definition) is 1. The Morgan fingerprint density at radius 3 is 2.64 bits per heavy atom. The van der Waals surface area contributed by atoms with E-state index in [1.165, 1.54) is 28.1 Å². The fraction of sp³-hybridized carbons (Fsp3) is 0.368. The van der Waals surface area contributed by atoms with Gasteiger partial charge < -0.3 is 10.2 Å². The van der Waals surface area contributed by atoms with Crippen LogP contribution in [0.3, 0.4) is 0 Å². The number of hydrogen-bond acceptors (Lipinski definition) is 5. The van der Waals surface area contributed by atoms with Gasteiger partial charge in [-0.05, 0) is 25.0 Å². The van der Waals surface area contributed by atoms with Gasteiger partial charge in [0.05, 0.1) is 5.56 Å². The summed E-state index contributed by atoms with van der Waals surface area (Å²) in [7, 11) is 3.81. The van der Waals surface area contributed by atoms with Gasteiger partial charge >= 0.3 is 0 Å². The van der Waals surface area contributed by atoms with E-state index in [-0.39, 0.29) is 0 Å². The molecule has 1 N–H and O–H groups in total. The largest absolute Gasteiger partial charge is 0.357 e. The summed E-state index contributed by atoms with van der Waals surface area (Å²) in [6.07, 6.45) is 1.00. The third kappa shape index (κ3) is 3.12. The van der Waals surface area contributed by atoms with Gasteiger partial charge in [0, 0.05) is 39.2 Å². The zero-order chi connectivity index (χ0) is 18.1. The Kier molecular flexibility index (Phi) is 4.53. The monoisotopic (exact) mass is 337 g/mol. The second kappa shape index (κ2) is 6.63. The summed E-state index contributed by atoms with van der Waals surface area (Å²) in [5.41, 5.74) is 6.27. The standard InChI is InChI=1S/C19H25N6/c1-7-15-12(2)25(6)17-9-8-14(10-16(15)17)11-24(5)19-22-13(3)21-18(20-4)23-19/h8-10H,6-7,11H2,1-5H3,(H,20,21,22,23)/q+1. The van der Waals surface area contributed by atoms with Gasteiger partial charge in [0.25, 0.3) is 0 Å². The van der Waals surface area contributed by atoms with Crippen molar-refractivity contribution in [2.75, 3.05) is 24.3 Å². The van der Waals surface area contributed by atoms with Crippen molar-refractivity contribution in [1.29, 1.82) is 0 Å². The van der Waals surface area contributed by atoms with Gasteiger partial charge in [-0.1, -0.05) is 13.0 Å². The van der Waals surface area contributed by atoms with Gasteiger partial charge in [0.1, 0.15) is 12.5 Å².